The van der Waals surface area contributed by atoms with Crippen molar-refractivity contribution in [3.05, 3.63) is 87.3 Å². The van der Waals surface area contributed by atoms with Gasteiger partial charge in [-0.2, -0.15) is 0 Å². The monoisotopic (exact) mass is 348 g/mol. The van der Waals surface area contributed by atoms with E-state index in [4.69, 9.17) is 9.52 Å². The molecule has 0 amide bonds. The van der Waals surface area contributed by atoms with E-state index < -0.39 is 17.3 Å². The van der Waals surface area contributed by atoms with Crippen molar-refractivity contribution in [3.63, 3.8) is 0 Å². The fraction of sp³-hybridized carbons (Fsp3) is 0. The molecule has 0 saturated heterocycles. The van der Waals surface area contributed by atoms with Crippen molar-refractivity contribution in [2.24, 2.45) is 0 Å². The molecule has 7 nitrogen and oxygen atoms in total. The van der Waals surface area contributed by atoms with Gasteiger partial charge in [0.05, 0.1) is 22.5 Å². The Labute approximate surface area is 145 Å². The lowest BCUT2D eigenvalue weighted by Crippen LogP contribution is -2.14. The lowest BCUT2D eigenvalue weighted by Gasteiger charge is -2.02. The standard InChI is InChI=1S/C19H12N2O5/c22-17(23)12-5-3-6-13(8-12)21-10-15(20-19(21)25)14-9-11-4-1-2-7-16(11)26-18(14)24/h1-10H,(H,20,25)(H,22,23). The molecular weight excluding hydrogens is 336 g/mol. The second-order valence-corrected chi connectivity index (χ2v) is 5.68. The molecule has 0 aliphatic carbocycles. The number of para-hydroxylation sites is 1. The maximum atomic E-state index is 12.3. The van der Waals surface area contributed by atoms with E-state index in [1.54, 1.807) is 36.4 Å². The van der Waals surface area contributed by atoms with Crippen molar-refractivity contribution in [1.82, 2.24) is 9.55 Å². The molecule has 0 spiro atoms. The molecular formula is C19H12N2O5. The molecule has 2 aromatic carbocycles. The molecule has 2 N–H and O–H groups in total. The van der Waals surface area contributed by atoms with Crippen molar-refractivity contribution in [3.8, 4) is 16.9 Å². The van der Waals surface area contributed by atoms with Gasteiger partial charge < -0.3 is 14.5 Å². The van der Waals surface area contributed by atoms with Crippen LogP contribution in [0.25, 0.3) is 27.9 Å². The summed E-state index contributed by atoms with van der Waals surface area (Å²) in [7, 11) is 0. The second kappa shape index (κ2) is 5.89. The van der Waals surface area contributed by atoms with Crippen LogP contribution in [0.15, 0.2) is 74.8 Å². The lowest BCUT2D eigenvalue weighted by atomic mass is 10.1. The Morgan fingerprint density at radius 2 is 1.85 bits per heavy atom. The van der Waals surface area contributed by atoms with Gasteiger partial charge in [-0.25, -0.2) is 14.4 Å². The van der Waals surface area contributed by atoms with Gasteiger partial charge in [-0.3, -0.25) is 4.57 Å². The molecule has 128 valence electrons. The maximum Gasteiger partial charge on any atom is 0.345 e. The average molecular weight is 348 g/mol. The zero-order valence-electron chi connectivity index (χ0n) is 13.3. The first kappa shape index (κ1) is 15.6. The van der Waals surface area contributed by atoms with Gasteiger partial charge in [-0.1, -0.05) is 24.3 Å². The third-order valence-electron chi connectivity index (χ3n) is 4.02. The highest BCUT2D eigenvalue weighted by atomic mass is 16.4. The number of hydrogen-bond acceptors (Lipinski definition) is 4. The summed E-state index contributed by atoms with van der Waals surface area (Å²) in [4.78, 5) is 38.3. The number of H-pyrrole nitrogens is 1. The Balaban J connectivity index is 1.86. The number of aromatic nitrogens is 2. The number of imidazole rings is 1. The normalized spacial score (nSPS) is 10.9. The van der Waals surface area contributed by atoms with Gasteiger partial charge in [0.1, 0.15) is 5.58 Å². The average Bonchev–Trinajstić information content (AvgIpc) is 3.02. The summed E-state index contributed by atoms with van der Waals surface area (Å²) in [5, 5.41) is 9.82. The lowest BCUT2D eigenvalue weighted by molar-refractivity contribution is 0.0697. The second-order valence-electron chi connectivity index (χ2n) is 5.68. The Morgan fingerprint density at radius 3 is 2.65 bits per heavy atom. The van der Waals surface area contributed by atoms with E-state index in [0.717, 1.165) is 5.39 Å². The first-order valence-corrected chi connectivity index (χ1v) is 7.71. The van der Waals surface area contributed by atoms with Crippen LogP contribution < -0.4 is 11.3 Å². The minimum absolute atomic E-state index is 0.0577. The van der Waals surface area contributed by atoms with E-state index in [1.165, 1.54) is 22.9 Å². The van der Waals surface area contributed by atoms with Crippen molar-refractivity contribution in [1.29, 1.82) is 0 Å². The van der Waals surface area contributed by atoms with Crippen LogP contribution >= 0.6 is 0 Å². The number of nitrogens with one attached hydrogen (secondary N) is 1. The van der Waals surface area contributed by atoms with Crippen LogP contribution in [-0.4, -0.2) is 20.6 Å². The van der Waals surface area contributed by atoms with Crippen molar-refractivity contribution < 1.29 is 14.3 Å². The summed E-state index contributed by atoms with van der Waals surface area (Å²) in [5.41, 5.74) is 0.331. The summed E-state index contributed by atoms with van der Waals surface area (Å²) in [6, 6.07) is 14.7. The van der Waals surface area contributed by atoms with Crippen LogP contribution in [0.1, 0.15) is 10.4 Å². The zero-order chi connectivity index (χ0) is 18.3. The Bertz CT molecular complexity index is 1260. The number of hydrogen-bond donors (Lipinski definition) is 2. The van der Waals surface area contributed by atoms with E-state index >= 15 is 0 Å². The van der Waals surface area contributed by atoms with E-state index in [1.807, 2.05) is 6.07 Å². The van der Waals surface area contributed by atoms with Gasteiger partial charge in [0.25, 0.3) is 0 Å². The van der Waals surface area contributed by atoms with Gasteiger partial charge in [0, 0.05) is 11.6 Å². The quantitative estimate of drug-likeness (QED) is 0.554. The van der Waals surface area contributed by atoms with Crippen LogP contribution in [0, 0.1) is 0 Å². The molecule has 2 heterocycles. The predicted molar refractivity (Wildman–Crippen MR) is 94.8 cm³/mol. The predicted octanol–water partition coefficient (Wildman–Crippen LogP) is 2.64. The molecule has 0 bridgehead atoms. The highest BCUT2D eigenvalue weighted by Crippen LogP contribution is 2.20. The van der Waals surface area contributed by atoms with Crippen LogP contribution in [-0.2, 0) is 0 Å². The molecule has 4 aromatic rings. The van der Waals surface area contributed by atoms with Gasteiger partial charge in [-0.05, 0) is 30.3 Å². The van der Waals surface area contributed by atoms with Crippen LogP contribution in [0.2, 0.25) is 0 Å². The smallest absolute Gasteiger partial charge is 0.345 e. The molecule has 0 aliphatic rings. The molecule has 4 rings (SSSR count). The molecule has 0 unspecified atom stereocenters. The topological polar surface area (TPSA) is 105 Å². The number of rotatable bonds is 3. The molecule has 0 radical (unpaired) electrons. The van der Waals surface area contributed by atoms with E-state index in [-0.39, 0.29) is 16.8 Å². The Morgan fingerprint density at radius 1 is 1.04 bits per heavy atom. The fourth-order valence-electron chi connectivity index (χ4n) is 2.76. The summed E-state index contributed by atoms with van der Waals surface area (Å²) >= 11 is 0. The number of benzene rings is 2. The summed E-state index contributed by atoms with van der Waals surface area (Å²) in [6.45, 7) is 0. The number of nitrogens with zero attached hydrogens (tertiary/aromatic N) is 1. The Hall–Kier alpha value is -3.87. The van der Waals surface area contributed by atoms with E-state index in [9.17, 15) is 14.4 Å². The number of aromatic amines is 1. The van der Waals surface area contributed by atoms with Crippen molar-refractivity contribution in [2.45, 2.75) is 0 Å². The summed E-state index contributed by atoms with van der Waals surface area (Å²) < 4.78 is 6.53. The van der Waals surface area contributed by atoms with Gasteiger partial charge in [0.15, 0.2) is 0 Å². The molecule has 26 heavy (non-hydrogen) atoms. The number of fused-ring (bicyclic) bond motifs is 1. The molecule has 0 aliphatic heterocycles. The van der Waals surface area contributed by atoms with Crippen LogP contribution in [0.5, 0.6) is 0 Å². The van der Waals surface area contributed by atoms with Gasteiger partial charge in [-0.15, -0.1) is 0 Å². The fourth-order valence-corrected chi connectivity index (χ4v) is 2.76. The third-order valence-corrected chi connectivity index (χ3v) is 4.02. The highest BCUT2D eigenvalue weighted by Gasteiger charge is 2.13. The third kappa shape index (κ3) is 2.61. The van der Waals surface area contributed by atoms with Crippen molar-refractivity contribution >= 4 is 16.9 Å². The SMILES string of the molecule is O=C(O)c1cccc(-n2cc(-c3cc4ccccc4oc3=O)[nH]c2=O)c1. The zero-order valence-corrected chi connectivity index (χ0v) is 13.3. The largest absolute Gasteiger partial charge is 0.478 e. The van der Waals surface area contributed by atoms with Crippen LogP contribution in [0.3, 0.4) is 0 Å². The van der Waals surface area contributed by atoms with Crippen LogP contribution in [0.4, 0.5) is 0 Å². The van der Waals surface area contributed by atoms with Crippen molar-refractivity contribution in [2.75, 3.05) is 0 Å². The first-order chi connectivity index (χ1) is 12.5. The number of aromatic carboxylic acids is 1. The van der Waals surface area contributed by atoms with E-state index in [0.29, 0.717) is 11.3 Å². The first-order valence-electron chi connectivity index (χ1n) is 7.71. The molecule has 0 atom stereocenters. The van der Waals surface area contributed by atoms with Gasteiger partial charge >= 0.3 is 17.3 Å². The summed E-state index contributed by atoms with van der Waals surface area (Å²) in [5.74, 6) is -1.09. The highest BCUT2D eigenvalue weighted by molar-refractivity contribution is 5.88. The minimum Gasteiger partial charge on any atom is -0.478 e. The molecule has 0 fully saturated rings. The summed E-state index contributed by atoms with van der Waals surface area (Å²) in [6.07, 6.45) is 1.45. The Kier molecular flexibility index (Phi) is 3.54. The van der Waals surface area contributed by atoms with E-state index in [2.05, 4.69) is 4.98 Å². The molecule has 7 heteroatoms. The molecule has 2 aromatic heterocycles. The maximum absolute atomic E-state index is 12.3. The number of carboxylic acids is 1. The number of carbonyl (C=O) groups is 1. The minimum atomic E-state index is -1.09. The molecule has 0 saturated carbocycles. The number of carboxylic acid groups (broad SMARTS) is 1. The van der Waals surface area contributed by atoms with Gasteiger partial charge in [0.2, 0.25) is 0 Å².